The van der Waals surface area contributed by atoms with Crippen LogP contribution in [0.15, 0.2) is 42.7 Å². The van der Waals surface area contributed by atoms with Gasteiger partial charge >= 0.3 is 18.2 Å². The summed E-state index contributed by atoms with van der Waals surface area (Å²) in [6.07, 6.45) is 7.04. The van der Waals surface area contributed by atoms with Gasteiger partial charge in [0.15, 0.2) is 12.4 Å². The van der Waals surface area contributed by atoms with Crippen LogP contribution in [0.25, 0.3) is 22.3 Å². The van der Waals surface area contributed by atoms with Gasteiger partial charge < -0.3 is 43.5 Å². The van der Waals surface area contributed by atoms with Crippen molar-refractivity contribution in [3.63, 3.8) is 0 Å². The average molecular weight is 827 g/mol. The minimum atomic E-state index is -1.18. The third-order valence-corrected chi connectivity index (χ3v) is 12.1. The predicted octanol–water partition coefficient (Wildman–Crippen LogP) is 5.66. The number of hydrogen-bond donors (Lipinski definition) is 1. The van der Waals surface area contributed by atoms with Crippen LogP contribution >= 0.6 is 0 Å². The monoisotopic (exact) mass is 826 g/mol. The third-order valence-electron chi connectivity index (χ3n) is 12.1. The van der Waals surface area contributed by atoms with Gasteiger partial charge in [-0.15, -0.1) is 10.2 Å². The van der Waals surface area contributed by atoms with Crippen molar-refractivity contribution in [1.82, 2.24) is 34.5 Å². The molecule has 3 aliphatic heterocycles. The van der Waals surface area contributed by atoms with Crippen molar-refractivity contribution in [3.05, 3.63) is 59.5 Å². The van der Waals surface area contributed by atoms with Crippen molar-refractivity contribution in [2.45, 2.75) is 83.4 Å². The van der Waals surface area contributed by atoms with E-state index >= 15 is 0 Å². The molecule has 3 aromatic heterocycles. The molecule has 2 saturated heterocycles. The number of methoxy groups -OCH3 is 1. The van der Waals surface area contributed by atoms with E-state index in [1.54, 1.807) is 13.0 Å². The van der Waals surface area contributed by atoms with Gasteiger partial charge in [0.25, 0.3) is 0 Å². The third kappa shape index (κ3) is 8.34. The smallest absolute Gasteiger partial charge is 0.417 e. The zero-order chi connectivity index (χ0) is 42.2. The van der Waals surface area contributed by atoms with E-state index in [2.05, 4.69) is 15.1 Å². The Bertz CT molecular complexity index is 2200. The fourth-order valence-electron chi connectivity index (χ4n) is 9.41. The molecule has 1 amide bonds. The highest BCUT2D eigenvalue weighted by atomic mass is 16.7. The summed E-state index contributed by atoms with van der Waals surface area (Å²) in [4.78, 5) is 53.9. The second-order valence-corrected chi connectivity index (χ2v) is 17.3. The molecule has 4 aromatic rings. The molecule has 17 nitrogen and oxygen atoms in total. The zero-order valence-corrected chi connectivity index (χ0v) is 35.0. The van der Waals surface area contributed by atoms with Crippen LogP contribution < -0.4 is 9.64 Å². The number of piperidine rings is 1. The minimum absolute atomic E-state index is 0.0286. The Morgan fingerprint density at radius 2 is 1.73 bits per heavy atom. The van der Waals surface area contributed by atoms with Gasteiger partial charge in [-0.2, -0.15) is 0 Å². The van der Waals surface area contributed by atoms with Crippen molar-refractivity contribution in [2.75, 3.05) is 71.3 Å². The maximum Gasteiger partial charge on any atom is 0.417 e. The molecule has 8 rings (SSSR count). The molecule has 1 atom stereocenters. The van der Waals surface area contributed by atoms with Gasteiger partial charge in [0.05, 0.1) is 24.9 Å². The van der Waals surface area contributed by atoms with Crippen LogP contribution in [0.4, 0.5) is 15.5 Å². The lowest BCUT2D eigenvalue weighted by atomic mass is 9.60. The summed E-state index contributed by atoms with van der Waals surface area (Å²) in [5.41, 5.74) is 3.43. The van der Waals surface area contributed by atoms with Crippen LogP contribution in [0, 0.1) is 5.41 Å². The van der Waals surface area contributed by atoms with E-state index < -0.39 is 23.7 Å². The number of esters is 1. The number of carbonyl (C=O) groups is 3. The van der Waals surface area contributed by atoms with Crippen LogP contribution in [0.1, 0.15) is 82.2 Å². The first-order valence-electron chi connectivity index (χ1n) is 20.8. The second kappa shape index (κ2) is 16.9. The van der Waals surface area contributed by atoms with Crippen LogP contribution in [-0.2, 0) is 30.2 Å². The van der Waals surface area contributed by atoms with Crippen molar-refractivity contribution in [2.24, 2.45) is 5.41 Å². The second-order valence-electron chi connectivity index (χ2n) is 17.3. The normalized spacial score (nSPS) is 19.4. The lowest BCUT2D eigenvalue weighted by Crippen LogP contribution is -2.68. The van der Waals surface area contributed by atoms with E-state index in [4.69, 9.17) is 33.7 Å². The highest BCUT2D eigenvalue weighted by Gasteiger charge is 2.55. The quantitative estimate of drug-likeness (QED) is 0.136. The number of likely N-dealkylation sites (tertiary alicyclic amines) is 2. The summed E-state index contributed by atoms with van der Waals surface area (Å²) in [5, 5.41) is 19.9. The predicted molar refractivity (Wildman–Crippen MR) is 219 cm³/mol. The van der Waals surface area contributed by atoms with E-state index in [0.29, 0.717) is 64.5 Å². The first-order chi connectivity index (χ1) is 28.9. The maximum atomic E-state index is 12.8. The molecule has 60 heavy (non-hydrogen) atoms. The number of amides is 1. The van der Waals surface area contributed by atoms with E-state index in [0.717, 1.165) is 57.4 Å². The fraction of sp³-hybridized carbons (Fsp3) is 0.558. The topological polar surface area (TPSA) is 184 Å². The first-order valence-corrected chi connectivity index (χ1v) is 20.8. The lowest BCUT2D eigenvalue weighted by molar-refractivity contribution is -0.148. The number of benzene rings is 1. The molecular weight excluding hydrogens is 773 g/mol. The number of carbonyl (C=O) groups excluding carboxylic acids is 2. The van der Waals surface area contributed by atoms with Crippen molar-refractivity contribution < 1.29 is 43.2 Å². The fourth-order valence-corrected chi connectivity index (χ4v) is 9.41. The number of anilines is 1. The molecule has 1 N–H and O–H groups in total. The Hall–Kier alpha value is -5.39. The number of rotatable bonds is 12. The largest absolute Gasteiger partial charge is 0.467 e. The number of nitrogens with zero attached hydrogens (tertiary/aromatic N) is 8. The van der Waals surface area contributed by atoms with Gasteiger partial charge in [0, 0.05) is 79.2 Å². The Morgan fingerprint density at radius 1 is 1.00 bits per heavy atom. The standard InChI is InChI=1S/C43H54N8O9/c1-6-58-36(52)23-57-22-34-37-31-17-32(30-9-7-8-10-35(30)59-26-56-5)46-47-38(31)51(40(53)54)33(37)13-16-50(34)39-44-20-28(21-45-39)27-11-14-48(15-12-27)29-18-43(19-29)24-49(25-43)41(55)60-42(2,3)4/h7-10,17,20-21,27,29,34H,6,11-16,18-19,22-26H2,1-5H3,(H,53,54)/t34-/m1/s1. The summed E-state index contributed by atoms with van der Waals surface area (Å²) >= 11 is 0. The molecule has 0 radical (unpaired) electrons. The van der Waals surface area contributed by atoms with Crippen molar-refractivity contribution in [3.8, 4) is 17.0 Å². The van der Waals surface area contributed by atoms with Gasteiger partial charge in [0.1, 0.15) is 18.0 Å². The molecule has 4 aliphatic rings. The van der Waals surface area contributed by atoms with Crippen LogP contribution in [0.2, 0.25) is 0 Å². The van der Waals surface area contributed by atoms with Crippen LogP contribution in [0.5, 0.6) is 5.75 Å². The molecule has 0 bridgehead atoms. The molecule has 1 spiro atoms. The van der Waals surface area contributed by atoms with Gasteiger partial charge in [-0.05, 0) is 96.1 Å². The first kappa shape index (κ1) is 41.3. The summed E-state index contributed by atoms with van der Waals surface area (Å²) in [6.45, 7) is 11.4. The number of ether oxygens (including phenoxy) is 5. The molecular formula is C43H54N8O9. The summed E-state index contributed by atoms with van der Waals surface area (Å²) in [6, 6.07) is 9.15. The lowest BCUT2D eigenvalue weighted by Gasteiger charge is -2.61. The molecule has 1 aromatic carbocycles. The van der Waals surface area contributed by atoms with Crippen molar-refractivity contribution >= 4 is 35.1 Å². The Labute approximate surface area is 348 Å². The van der Waals surface area contributed by atoms with Gasteiger partial charge in [-0.1, -0.05) is 12.1 Å². The minimum Gasteiger partial charge on any atom is -0.467 e. The highest BCUT2D eigenvalue weighted by molar-refractivity contribution is 5.93. The number of carboxylic acid groups (broad SMARTS) is 1. The number of fused-ring (bicyclic) bond motifs is 3. The van der Waals surface area contributed by atoms with Crippen LogP contribution in [0.3, 0.4) is 0 Å². The molecule has 3 fully saturated rings. The molecule has 1 aliphatic carbocycles. The van der Waals surface area contributed by atoms with Gasteiger partial charge in [0.2, 0.25) is 5.95 Å². The van der Waals surface area contributed by atoms with E-state index in [1.165, 1.54) is 11.7 Å². The zero-order valence-electron chi connectivity index (χ0n) is 35.0. The molecule has 1 saturated carbocycles. The Morgan fingerprint density at radius 3 is 2.42 bits per heavy atom. The van der Waals surface area contributed by atoms with E-state index in [9.17, 15) is 19.5 Å². The van der Waals surface area contributed by atoms with E-state index in [-0.39, 0.29) is 43.8 Å². The number of hydrogen-bond acceptors (Lipinski definition) is 14. The average Bonchev–Trinajstić information content (AvgIpc) is 3.53. The van der Waals surface area contributed by atoms with E-state index in [1.807, 2.05) is 67.2 Å². The van der Waals surface area contributed by atoms with Crippen molar-refractivity contribution in [1.29, 1.82) is 0 Å². The van der Waals surface area contributed by atoms with Crippen LogP contribution in [-0.4, -0.2) is 136 Å². The molecule has 320 valence electrons. The van der Waals surface area contributed by atoms with Gasteiger partial charge in [-0.3, -0.25) is 0 Å². The highest BCUT2D eigenvalue weighted by Crippen LogP contribution is 2.51. The molecule has 17 heteroatoms. The number of aromatic nitrogens is 5. The summed E-state index contributed by atoms with van der Waals surface area (Å²) in [7, 11) is 1.54. The SMILES string of the molecule is CCOC(=O)COC[C@@H]1c2c(n(C(=O)O)c3nnc(-c4ccccc4OCOC)cc23)CCN1c1ncc(C2CCN(C3CC4(C3)CN(C(=O)OC(C)(C)C)C4)CC2)cn1. The maximum absolute atomic E-state index is 12.8. The van der Waals surface area contributed by atoms with Gasteiger partial charge in [-0.25, -0.2) is 28.9 Å². The summed E-state index contributed by atoms with van der Waals surface area (Å²) in [5.74, 6) is 0.843. The molecule has 6 heterocycles. The number of para-hydroxylation sites is 1. The summed E-state index contributed by atoms with van der Waals surface area (Å²) < 4.78 is 28.8. The Kier molecular flexibility index (Phi) is 11.7. The Balaban J connectivity index is 0.992. The molecule has 0 unspecified atom stereocenters.